The number of rotatable bonds is 2. The maximum absolute atomic E-state index is 10.7. The largest absolute Gasteiger partial charge is 0.445 e. The summed E-state index contributed by atoms with van der Waals surface area (Å²) in [4.78, 5) is 31.7. The third-order valence-electron chi connectivity index (χ3n) is 1.44. The molecule has 1 saturated heterocycles. The third-order valence-corrected chi connectivity index (χ3v) is 1.44. The highest BCUT2D eigenvalue weighted by Crippen LogP contribution is 2.10. The van der Waals surface area contributed by atoms with Gasteiger partial charge in [-0.15, -0.1) is 0 Å². The van der Waals surface area contributed by atoms with Crippen molar-refractivity contribution < 1.29 is 29.3 Å². The molecule has 0 amide bonds. The Morgan fingerprint density at radius 2 is 2.00 bits per heavy atom. The summed E-state index contributed by atoms with van der Waals surface area (Å²) in [5.74, 6) is -3.67. The van der Waals surface area contributed by atoms with Gasteiger partial charge in [-0.3, -0.25) is 9.59 Å². The zero-order chi connectivity index (χ0) is 9.30. The monoisotopic (exact) mass is 174 g/mol. The van der Waals surface area contributed by atoms with E-state index in [-0.39, 0.29) is 0 Å². The van der Waals surface area contributed by atoms with Gasteiger partial charge in [0.2, 0.25) is 0 Å². The van der Waals surface area contributed by atoms with Crippen LogP contribution in [0.2, 0.25) is 0 Å². The number of aliphatic hydroxyl groups is 2. The van der Waals surface area contributed by atoms with Crippen LogP contribution >= 0.6 is 0 Å². The Hall–Kier alpha value is -1.27. The third kappa shape index (κ3) is 1.21. The maximum Gasteiger partial charge on any atom is 0.383 e. The quantitative estimate of drug-likeness (QED) is 0.351. The van der Waals surface area contributed by atoms with E-state index in [2.05, 4.69) is 4.74 Å². The molecule has 1 aliphatic rings. The molecule has 0 radical (unpaired) electrons. The molecule has 0 spiro atoms. The predicted octanol–water partition coefficient (Wildman–Crippen LogP) is -2.60. The fourth-order valence-electron chi connectivity index (χ4n) is 0.801. The topological polar surface area (TPSA) is 101 Å². The van der Waals surface area contributed by atoms with Crippen LogP contribution in [0.25, 0.3) is 0 Å². The molecule has 1 fully saturated rings. The first kappa shape index (κ1) is 8.82. The number of cyclic esters (lactones) is 1. The second-order valence-corrected chi connectivity index (χ2v) is 2.27. The summed E-state index contributed by atoms with van der Waals surface area (Å²) in [7, 11) is 0. The Labute approximate surface area is 66.7 Å². The fourth-order valence-corrected chi connectivity index (χ4v) is 0.801. The van der Waals surface area contributed by atoms with Crippen LogP contribution < -0.4 is 0 Å². The van der Waals surface area contributed by atoms with Crippen LogP contribution in [-0.4, -0.2) is 46.6 Å². The summed E-state index contributed by atoms with van der Waals surface area (Å²) in [6, 6.07) is 0. The lowest BCUT2D eigenvalue weighted by Gasteiger charge is -2.10. The first-order valence-electron chi connectivity index (χ1n) is 3.16. The summed E-state index contributed by atoms with van der Waals surface area (Å²) >= 11 is 0. The first-order valence-corrected chi connectivity index (χ1v) is 3.16. The zero-order valence-electron chi connectivity index (χ0n) is 5.89. The Morgan fingerprint density at radius 3 is 2.33 bits per heavy atom. The summed E-state index contributed by atoms with van der Waals surface area (Å²) < 4.78 is 4.19. The lowest BCUT2D eigenvalue weighted by Crippen LogP contribution is -2.35. The smallest absolute Gasteiger partial charge is 0.383 e. The van der Waals surface area contributed by atoms with E-state index in [0.717, 1.165) is 0 Å². The van der Waals surface area contributed by atoms with Gasteiger partial charge in [-0.25, -0.2) is 4.79 Å². The minimum absolute atomic E-state index is 0.739. The summed E-state index contributed by atoms with van der Waals surface area (Å²) in [6.45, 7) is -0.739. The Kier molecular flexibility index (Phi) is 2.20. The van der Waals surface area contributed by atoms with Crippen molar-refractivity contribution in [3.8, 4) is 0 Å². The van der Waals surface area contributed by atoms with E-state index in [0.29, 0.717) is 0 Å². The second-order valence-electron chi connectivity index (χ2n) is 2.27. The molecule has 0 aromatic carbocycles. The SMILES string of the molecule is O=C1OC([C@@H](O)CO)C(=O)C1=O. The van der Waals surface area contributed by atoms with Gasteiger partial charge in [-0.2, -0.15) is 0 Å². The molecule has 1 unspecified atom stereocenters. The van der Waals surface area contributed by atoms with Crippen molar-refractivity contribution in [1.82, 2.24) is 0 Å². The van der Waals surface area contributed by atoms with Crippen LogP contribution in [0.1, 0.15) is 0 Å². The van der Waals surface area contributed by atoms with Crippen LogP contribution in [0.4, 0.5) is 0 Å². The summed E-state index contributed by atoms with van der Waals surface area (Å²) in [5.41, 5.74) is 0. The minimum Gasteiger partial charge on any atom is -0.445 e. The molecule has 0 aliphatic carbocycles. The van der Waals surface area contributed by atoms with Crippen molar-refractivity contribution in [3.63, 3.8) is 0 Å². The van der Waals surface area contributed by atoms with E-state index in [9.17, 15) is 14.4 Å². The van der Waals surface area contributed by atoms with E-state index in [1.165, 1.54) is 0 Å². The minimum atomic E-state index is -1.53. The number of esters is 1. The van der Waals surface area contributed by atoms with Crippen LogP contribution in [0.3, 0.4) is 0 Å². The molecule has 1 aliphatic heterocycles. The molecular weight excluding hydrogens is 168 g/mol. The Bertz CT molecular complexity index is 244. The lowest BCUT2D eigenvalue weighted by molar-refractivity contribution is -0.152. The molecular formula is C6H6O6. The van der Waals surface area contributed by atoms with Gasteiger partial charge < -0.3 is 14.9 Å². The van der Waals surface area contributed by atoms with Crippen LogP contribution in [0.5, 0.6) is 0 Å². The van der Waals surface area contributed by atoms with Gasteiger partial charge in [0.1, 0.15) is 6.10 Å². The zero-order valence-corrected chi connectivity index (χ0v) is 5.89. The number of hydrogen-bond acceptors (Lipinski definition) is 6. The average Bonchev–Trinajstić information content (AvgIpc) is 2.32. The highest BCUT2D eigenvalue weighted by molar-refractivity contribution is 6.65. The second kappa shape index (κ2) is 3.00. The van der Waals surface area contributed by atoms with Crippen molar-refractivity contribution >= 4 is 17.5 Å². The lowest BCUT2D eigenvalue weighted by atomic mass is 10.1. The number of carbonyl (C=O) groups is 3. The summed E-state index contributed by atoms with van der Waals surface area (Å²) in [5, 5.41) is 17.2. The molecule has 12 heavy (non-hydrogen) atoms. The Balaban J connectivity index is 2.78. The molecule has 0 bridgehead atoms. The van der Waals surface area contributed by atoms with Crippen molar-refractivity contribution in [2.75, 3.05) is 6.61 Å². The number of Topliss-reactive ketones (excluding diaryl/α,β-unsaturated/α-hetero) is 2. The van der Waals surface area contributed by atoms with Crippen LogP contribution in [0.15, 0.2) is 0 Å². The van der Waals surface area contributed by atoms with Crippen LogP contribution in [-0.2, 0) is 19.1 Å². The fraction of sp³-hybridized carbons (Fsp3) is 0.500. The number of ether oxygens (including phenoxy) is 1. The molecule has 0 aromatic heterocycles. The Morgan fingerprint density at radius 1 is 1.42 bits per heavy atom. The van der Waals surface area contributed by atoms with Gasteiger partial charge >= 0.3 is 11.8 Å². The number of hydrogen-bond donors (Lipinski definition) is 2. The van der Waals surface area contributed by atoms with Gasteiger partial charge in [0, 0.05) is 0 Å². The molecule has 1 heterocycles. The maximum atomic E-state index is 10.7. The van der Waals surface area contributed by atoms with Crippen LogP contribution in [0, 0.1) is 0 Å². The van der Waals surface area contributed by atoms with Gasteiger partial charge in [-0.05, 0) is 0 Å². The van der Waals surface area contributed by atoms with Gasteiger partial charge in [0.15, 0.2) is 6.10 Å². The molecule has 0 saturated carbocycles. The molecule has 2 atom stereocenters. The number of ketones is 2. The number of carbonyl (C=O) groups excluding carboxylic acids is 3. The first-order chi connectivity index (χ1) is 5.57. The van der Waals surface area contributed by atoms with Crippen molar-refractivity contribution in [2.24, 2.45) is 0 Å². The van der Waals surface area contributed by atoms with Gasteiger partial charge in [0.25, 0.3) is 5.78 Å². The molecule has 0 aromatic rings. The molecule has 6 nitrogen and oxygen atoms in total. The predicted molar refractivity (Wildman–Crippen MR) is 33.0 cm³/mol. The van der Waals surface area contributed by atoms with E-state index < -0.39 is 36.4 Å². The van der Waals surface area contributed by atoms with Gasteiger partial charge in [-0.1, -0.05) is 0 Å². The van der Waals surface area contributed by atoms with Crippen molar-refractivity contribution in [1.29, 1.82) is 0 Å². The average molecular weight is 174 g/mol. The molecule has 2 N–H and O–H groups in total. The van der Waals surface area contributed by atoms with Crippen molar-refractivity contribution in [2.45, 2.75) is 12.2 Å². The van der Waals surface area contributed by atoms with E-state index in [1.807, 2.05) is 0 Å². The van der Waals surface area contributed by atoms with E-state index in [4.69, 9.17) is 10.2 Å². The highest BCUT2D eigenvalue weighted by Gasteiger charge is 2.45. The summed E-state index contributed by atoms with van der Waals surface area (Å²) in [6.07, 6.45) is -3.05. The standard InChI is InChI=1S/C6H6O6/c7-1-2(8)5-3(9)4(10)6(11)12-5/h2,5,7-8H,1H2/t2-,5?/m0/s1. The number of aliphatic hydroxyl groups excluding tert-OH is 2. The van der Waals surface area contributed by atoms with Crippen molar-refractivity contribution in [3.05, 3.63) is 0 Å². The molecule has 66 valence electrons. The van der Waals surface area contributed by atoms with Gasteiger partial charge in [0.05, 0.1) is 6.61 Å². The molecule has 1 rings (SSSR count). The normalized spacial score (nSPS) is 25.8. The van der Waals surface area contributed by atoms with E-state index in [1.54, 1.807) is 0 Å². The molecule has 6 heteroatoms. The van der Waals surface area contributed by atoms with E-state index >= 15 is 0 Å². The highest BCUT2D eigenvalue weighted by atomic mass is 16.6.